The Morgan fingerprint density at radius 2 is 1.85 bits per heavy atom. The molecule has 1 aromatic heterocycles. The molecule has 7 nitrogen and oxygen atoms in total. The second-order valence-electron chi connectivity index (χ2n) is 5.37. The highest BCUT2D eigenvalue weighted by Gasteiger charge is 2.20. The van der Waals surface area contributed by atoms with Gasteiger partial charge in [-0.25, -0.2) is 4.79 Å². The zero-order valence-electron chi connectivity index (χ0n) is 15.1. The lowest BCUT2D eigenvalue weighted by molar-refractivity contribution is -0.129. The lowest BCUT2D eigenvalue weighted by Gasteiger charge is -2.15. The number of hydrogen-bond donors (Lipinski definition) is 1. The molecule has 0 saturated carbocycles. The second kappa shape index (κ2) is 9.50. The summed E-state index contributed by atoms with van der Waals surface area (Å²) in [6, 6.07) is 8.24. The number of furan rings is 1. The number of amides is 1. The molecule has 140 valence electrons. The first-order chi connectivity index (χ1) is 12.5. The predicted octanol–water partition coefficient (Wildman–Crippen LogP) is 2.94. The van der Waals surface area contributed by atoms with Gasteiger partial charge < -0.3 is 23.9 Å². The van der Waals surface area contributed by atoms with Crippen LogP contribution in [0.3, 0.4) is 0 Å². The minimum atomic E-state index is -0.945. The molecule has 0 spiro atoms. The van der Waals surface area contributed by atoms with E-state index in [1.807, 2.05) is 13.8 Å². The molecule has 0 fully saturated rings. The van der Waals surface area contributed by atoms with Crippen LogP contribution in [0.4, 0.5) is 0 Å². The smallest absolute Gasteiger partial charge is 0.339 e. The molecule has 1 N–H and O–H groups in total. The quantitative estimate of drug-likeness (QED) is 0.691. The maximum absolute atomic E-state index is 12.3. The van der Waals surface area contributed by atoms with Gasteiger partial charge in [-0.15, -0.1) is 0 Å². The minimum Gasteiger partial charge on any atom is -0.490 e. The van der Waals surface area contributed by atoms with E-state index in [1.54, 1.807) is 30.3 Å². The molecule has 0 bridgehead atoms. The Morgan fingerprint density at radius 3 is 2.50 bits per heavy atom. The Labute approximate surface area is 152 Å². The van der Waals surface area contributed by atoms with Crippen molar-refractivity contribution in [2.75, 3.05) is 13.2 Å². The summed E-state index contributed by atoms with van der Waals surface area (Å²) in [5, 5.41) is 2.64. The van der Waals surface area contributed by atoms with Crippen LogP contribution < -0.4 is 14.8 Å². The van der Waals surface area contributed by atoms with E-state index in [-0.39, 0.29) is 12.1 Å². The first-order valence-corrected chi connectivity index (χ1v) is 8.45. The molecule has 0 radical (unpaired) electrons. The molecule has 1 amide bonds. The zero-order valence-corrected chi connectivity index (χ0v) is 15.1. The van der Waals surface area contributed by atoms with Crippen molar-refractivity contribution in [1.29, 1.82) is 0 Å². The van der Waals surface area contributed by atoms with Gasteiger partial charge in [-0.3, -0.25) is 4.79 Å². The Bertz CT molecular complexity index is 726. The standard InChI is InChI=1S/C19H23NO6/c1-4-23-16-9-8-14(11-17(16)24-5-2)19(22)26-13(3)18(21)20-12-15-7-6-10-25-15/h6-11,13H,4-5,12H2,1-3H3,(H,20,21)/t13-/m0/s1. The molecule has 26 heavy (non-hydrogen) atoms. The number of nitrogens with one attached hydrogen (secondary N) is 1. The number of carbonyl (C=O) groups is 2. The molecule has 0 unspecified atom stereocenters. The molecule has 0 aliphatic carbocycles. The van der Waals surface area contributed by atoms with E-state index >= 15 is 0 Å². The van der Waals surface area contributed by atoms with E-state index in [0.29, 0.717) is 30.5 Å². The summed E-state index contributed by atoms with van der Waals surface area (Å²) >= 11 is 0. The molecular weight excluding hydrogens is 338 g/mol. The number of ether oxygens (including phenoxy) is 3. The summed E-state index contributed by atoms with van der Waals surface area (Å²) in [6.45, 7) is 6.35. The molecule has 7 heteroatoms. The SMILES string of the molecule is CCOc1ccc(C(=O)O[C@@H](C)C(=O)NCc2ccco2)cc1OCC. The maximum Gasteiger partial charge on any atom is 0.339 e. The first kappa shape index (κ1) is 19.4. The van der Waals surface area contributed by atoms with Crippen molar-refractivity contribution in [3.63, 3.8) is 0 Å². The van der Waals surface area contributed by atoms with Crippen molar-refractivity contribution < 1.29 is 28.2 Å². The van der Waals surface area contributed by atoms with Gasteiger partial charge in [0.1, 0.15) is 5.76 Å². The molecule has 0 saturated heterocycles. The fraction of sp³-hybridized carbons (Fsp3) is 0.368. The van der Waals surface area contributed by atoms with Gasteiger partial charge in [0, 0.05) is 0 Å². The zero-order chi connectivity index (χ0) is 18.9. The van der Waals surface area contributed by atoms with Crippen LogP contribution in [-0.2, 0) is 16.1 Å². The number of rotatable bonds is 9. The second-order valence-corrected chi connectivity index (χ2v) is 5.37. The van der Waals surface area contributed by atoms with Crippen molar-refractivity contribution in [3.8, 4) is 11.5 Å². The Hall–Kier alpha value is -2.96. The number of carbonyl (C=O) groups excluding carboxylic acids is 2. The van der Waals surface area contributed by atoms with Crippen molar-refractivity contribution >= 4 is 11.9 Å². The van der Waals surface area contributed by atoms with Crippen molar-refractivity contribution in [2.24, 2.45) is 0 Å². The van der Waals surface area contributed by atoms with Crippen LogP contribution in [0.5, 0.6) is 11.5 Å². The fourth-order valence-corrected chi connectivity index (χ4v) is 2.19. The monoisotopic (exact) mass is 361 g/mol. The molecule has 1 atom stereocenters. The van der Waals surface area contributed by atoms with E-state index < -0.39 is 18.0 Å². The minimum absolute atomic E-state index is 0.227. The van der Waals surface area contributed by atoms with Gasteiger partial charge in [0.25, 0.3) is 5.91 Å². The third kappa shape index (κ3) is 5.27. The topological polar surface area (TPSA) is 87.0 Å². The maximum atomic E-state index is 12.3. The summed E-state index contributed by atoms with van der Waals surface area (Å²) in [5.41, 5.74) is 0.280. The van der Waals surface area contributed by atoms with Crippen LogP contribution in [0.15, 0.2) is 41.0 Å². The normalized spacial score (nSPS) is 11.5. The summed E-state index contributed by atoms with van der Waals surface area (Å²) in [6.07, 6.45) is 0.576. The number of esters is 1. The summed E-state index contributed by atoms with van der Waals surface area (Å²) in [5.74, 6) is 0.596. The van der Waals surface area contributed by atoms with E-state index in [2.05, 4.69) is 5.32 Å². The fourth-order valence-electron chi connectivity index (χ4n) is 2.19. The van der Waals surface area contributed by atoms with Crippen molar-refractivity contribution in [2.45, 2.75) is 33.4 Å². The Balaban J connectivity index is 1.96. The molecule has 2 rings (SSSR count). The van der Waals surface area contributed by atoms with Crippen LogP contribution in [0, 0.1) is 0 Å². The van der Waals surface area contributed by atoms with Gasteiger partial charge in [0.2, 0.25) is 0 Å². The molecule has 0 aliphatic heterocycles. The van der Waals surface area contributed by atoms with E-state index in [1.165, 1.54) is 13.2 Å². The lowest BCUT2D eigenvalue weighted by atomic mass is 10.2. The largest absolute Gasteiger partial charge is 0.490 e. The third-order valence-electron chi connectivity index (χ3n) is 3.45. The molecule has 0 aliphatic rings. The van der Waals surface area contributed by atoms with Gasteiger partial charge in [-0.2, -0.15) is 0 Å². The predicted molar refractivity (Wildman–Crippen MR) is 94.2 cm³/mol. The van der Waals surface area contributed by atoms with Crippen LogP contribution >= 0.6 is 0 Å². The lowest BCUT2D eigenvalue weighted by Crippen LogP contribution is -2.35. The van der Waals surface area contributed by atoms with E-state index in [9.17, 15) is 9.59 Å². The van der Waals surface area contributed by atoms with Crippen LogP contribution in [-0.4, -0.2) is 31.2 Å². The molecule has 2 aromatic rings. The molecule has 1 heterocycles. The van der Waals surface area contributed by atoms with E-state index in [0.717, 1.165) is 0 Å². The first-order valence-electron chi connectivity index (χ1n) is 8.45. The van der Waals surface area contributed by atoms with Crippen LogP contribution in [0.1, 0.15) is 36.9 Å². The average Bonchev–Trinajstić information content (AvgIpc) is 3.15. The van der Waals surface area contributed by atoms with E-state index in [4.69, 9.17) is 18.6 Å². The molecular formula is C19H23NO6. The highest BCUT2D eigenvalue weighted by Crippen LogP contribution is 2.29. The van der Waals surface area contributed by atoms with Crippen molar-refractivity contribution in [1.82, 2.24) is 5.32 Å². The van der Waals surface area contributed by atoms with Crippen molar-refractivity contribution in [3.05, 3.63) is 47.9 Å². The number of hydrogen-bond acceptors (Lipinski definition) is 6. The van der Waals surface area contributed by atoms with Crippen LogP contribution in [0.25, 0.3) is 0 Å². The van der Waals surface area contributed by atoms with Gasteiger partial charge in [-0.05, 0) is 51.1 Å². The summed E-state index contributed by atoms with van der Waals surface area (Å²) in [7, 11) is 0. The Kier molecular flexibility index (Phi) is 7.08. The number of benzene rings is 1. The third-order valence-corrected chi connectivity index (χ3v) is 3.45. The summed E-state index contributed by atoms with van der Waals surface area (Å²) in [4.78, 5) is 24.3. The van der Waals surface area contributed by atoms with Gasteiger partial charge in [0.05, 0.1) is 31.6 Å². The van der Waals surface area contributed by atoms with Gasteiger partial charge in [0.15, 0.2) is 17.6 Å². The highest BCUT2D eigenvalue weighted by atomic mass is 16.5. The van der Waals surface area contributed by atoms with Crippen LogP contribution in [0.2, 0.25) is 0 Å². The Morgan fingerprint density at radius 1 is 1.12 bits per heavy atom. The summed E-state index contributed by atoms with van der Waals surface area (Å²) < 4.78 is 21.3. The molecule has 1 aromatic carbocycles. The average molecular weight is 361 g/mol. The van der Waals surface area contributed by atoms with Gasteiger partial charge in [-0.1, -0.05) is 0 Å². The van der Waals surface area contributed by atoms with Gasteiger partial charge >= 0.3 is 5.97 Å². The highest BCUT2D eigenvalue weighted by molar-refractivity contribution is 5.92.